The van der Waals surface area contributed by atoms with Crippen molar-refractivity contribution in [2.45, 2.75) is 32.3 Å². The molecule has 3 heterocycles. The SMILES string of the molecule is COCC1CCCN(C(=O)[C@H]2CCO[C@@H]2c2cnn(C)c2C)C1. The average molecular weight is 321 g/mol. The van der Waals surface area contributed by atoms with Crippen molar-refractivity contribution in [3.63, 3.8) is 0 Å². The Morgan fingerprint density at radius 1 is 1.48 bits per heavy atom. The number of aryl methyl sites for hydroxylation is 1. The zero-order valence-electron chi connectivity index (χ0n) is 14.3. The predicted molar refractivity (Wildman–Crippen MR) is 85.9 cm³/mol. The average Bonchev–Trinajstić information content (AvgIpc) is 3.15. The number of piperidine rings is 1. The number of ether oxygens (including phenoxy) is 2. The van der Waals surface area contributed by atoms with E-state index in [-0.39, 0.29) is 17.9 Å². The van der Waals surface area contributed by atoms with Crippen molar-refractivity contribution in [1.29, 1.82) is 0 Å². The Morgan fingerprint density at radius 2 is 2.30 bits per heavy atom. The molecule has 128 valence electrons. The number of nitrogens with zero attached hydrogens (tertiary/aromatic N) is 3. The number of hydrogen-bond acceptors (Lipinski definition) is 4. The molecule has 3 atom stereocenters. The number of hydrogen-bond donors (Lipinski definition) is 0. The summed E-state index contributed by atoms with van der Waals surface area (Å²) in [6, 6.07) is 0. The third kappa shape index (κ3) is 3.28. The zero-order chi connectivity index (χ0) is 16.4. The molecule has 23 heavy (non-hydrogen) atoms. The van der Waals surface area contributed by atoms with Gasteiger partial charge in [-0.05, 0) is 32.1 Å². The van der Waals surface area contributed by atoms with Crippen LogP contribution in [-0.4, -0.2) is 54.0 Å². The summed E-state index contributed by atoms with van der Waals surface area (Å²) in [4.78, 5) is 15.0. The van der Waals surface area contributed by atoms with Crippen LogP contribution in [0.1, 0.15) is 36.6 Å². The Bertz CT molecular complexity index is 555. The van der Waals surface area contributed by atoms with Gasteiger partial charge in [0.1, 0.15) is 0 Å². The maximum atomic E-state index is 13.0. The summed E-state index contributed by atoms with van der Waals surface area (Å²) >= 11 is 0. The highest BCUT2D eigenvalue weighted by atomic mass is 16.5. The highest BCUT2D eigenvalue weighted by molar-refractivity contribution is 5.80. The number of aromatic nitrogens is 2. The Labute approximate surface area is 137 Å². The van der Waals surface area contributed by atoms with Crippen molar-refractivity contribution >= 4 is 5.91 Å². The van der Waals surface area contributed by atoms with Crippen LogP contribution in [0.4, 0.5) is 0 Å². The summed E-state index contributed by atoms with van der Waals surface area (Å²) in [5.74, 6) is 0.606. The minimum Gasteiger partial charge on any atom is -0.384 e. The lowest BCUT2D eigenvalue weighted by Crippen LogP contribution is -2.44. The first-order chi connectivity index (χ1) is 11.1. The van der Waals surface area contributed by atoms with E-state index in [9.17, 15) is 4.79 Å². The van der Waals surface area contributed by atoms with Gasteiger partial charge in [-0.2, -0.15) is 5.10 Å². The lowest BCUT2D eigenvalue weighted by atomic mass is 9.92. The zero-order valence-corrected chi connectivity index (χ0v) is 14.3. The van der Waals surface area contributed by atoms with Crippen molar-refractivity contribution in [2.24, 2.45) is 18.9 Å². The first-order valence-electron chi connectivity index (χ1n) is 8.49. The second kappa shape index (κ2) is 7.01. The van der Waals surface area contributed by atoms with Crippen molar-refractivity contribution in [3.05, 3.63) is 17.5 Å². The molecule has 1 aromatic rings. The summed E-state index contributed by atoms with van der Waals surface area (Å²) in [6.07, 6.45) is 4.69. The number of carbonyl (C=O) groups is 1. The van der Waals surface area contributed by atoms with Gasteiger partial charge in [0, 0.05) is 45.1 Å². The smallest absolute Gasteiger partial charge is 0.228 e. The second-order valence-electron chi connectivity index (χ2n) is 6.74. The summed E-state index contributed by atoms with van der Waals surface area (Å²) < 4.78 is 13.0. The summed E-state index contributed by atoms with van der Waals surface area (Å²) in [6.45, 7) is 5.07. The number of carbonyl (C=O) groups excluding carboxylic acids is 1. The molecule has 0 spiro atoms. The molecule has 0 aromatic carbocycles. The molecule has 2 saturated heterocycles. The lowest BCUT2D eigenvalue weighted by Gasteiger charge is -2.34. The van der Waals surface area contributed by atoms with E-state index in [2.05, 4.69) is 5.10 Å². The molecule has 2 fully saturated rings. The van der Waals surface area contributed by atoms with Crippen LogP contribution in [0.3, 0.4) is 0 Å². The molecular weight excluding hydrogens is 294 g/mol. The van der Waals surface area contributed by atoms with Crippen LogP contribution in [0.2, 0.25) is 0 Å². The molecule has 0 N–H and O–H groups in total. The van der Waals surface area contributed by atoms with E-state index in [4.69, 9.17) is 9.47 Å². The molecular formula is C17H27N3O3. The van der Waals surface area contributed by atoms with Gasteiger partial charge >= 0.3 is 0 Å². The monoisotopic (exact) mass is 321 g/mol. The topological polar surface area (TPSA) is 56.6 Å². The molecule has 1 aromatic heterocycles. The fourth-order valence-corrected chi connectivity index (χ4v) is 3.82. The minimum absolute atomic E-state index is 0.0841. The Hall–Kier alpha value is -1.40. The predicted octanol–water partition coefficient (Wildman–Crippen LogP) is 1.69. The molecule has 1 amide bonds. The van der Waals surface area contributed by atoms with Gasteiger partial charge < -0.3 is 14.4 Å². The van der Waals surface area contributed by atoms with Crippen LogP contribution in [0, 0.1) is 18.8 Å². The molecule has 0 aliphatic carbocycles. The Morgan fingerprint density at radius 3 is 3.00 bits per heavy atom. The quantitative estimate of drug-likeness (QED) is 0.847. The molecule has 6 nitrogen and oxygen atoms in total. The van der Waals surface area contributed by atoms with E-state index >= 15 is 0 Å². The molecule has 6 heteroatoms. The van der Waals surface area contributed by atoms with Crippen LogP contribution < -0.4 is 0 Å². The van der Waals surface area contributed by atoms with E-state index in [0.717, 1.165) is 50.2 Å². The third-order valence-electron chi connectivity index (χ3n) is 5.22. The number of methoxy groups -OCH3 is 1. The molecule has 0 bridgehead atoms. The molecule has 2 aliphatic heterocycles. The summed E-state index contributed by atoms with van der Waals surface area (Å²) in [5, 5.41) is 4.30. The van der Waals surface area contributed by atoms with Crippen molar-refractivity contribution in [2.75, 3.05) is 33.4 Å². The van der Waals surface area contributed by atoms with Gasteiger partial charge in [0.2, 0.25) is 5.91 Å². The first-order valence-corrected chi connectivity index (χ1v) is 8.49. The molecule has 0 radical (unpaired) electrons. The van der Waals surface area contributed by atoms with Gasteiger partial charge in [-0.15, -0.1) is 0 Å². The maximum Gasteiger partial charge on any atom is 0.228 e. The third-order valence-corrected chi connectivity index (χ3v) is 5.22. The lowest BCUT2D eigenvalue weighted by molar-refractivity contribution is -0.139. The van der Waals surface area contributed by atoms with Crippen molar-refractivity contribution in [1.82, 2.24) is 14.7 Å². The summed E-state index contributed by atoms with van der Waals surface area (Å²) in [5.41, 5.74) is 2.12. The van der Waals surface area contributed by atoms with Crippen LogP contribution in [0.25, 0.3) is 0 Å². The van der Waals surface area contributed by atoms with E-state index in [1.165, 1.54) is 0 Å². The van der Waals surface area contributed by atoms with Crippen LogP contribution in [0.5, 0.6) is 0 Å². The standard InChI is InChI=1S/C17H27N3O3/c1-12-15(9-18-19(12)2)16-14(6-8-23-16)17(21)20-7-4-5-13(10-20)11-22-3/h9,13-14,16H,4-8,10-11H2,1-3H3/t13?,14-,16-/m0/s1. The van der Waals surface area contributed by atoms with Crippen LogP contribution >= 0.6 is 0 Å². The number of rotatable bonds is 4. The van der Waals surface area contributed by atoms with E-state index in [0.29, 0.717) is 12.5 Å². The normalized spacial score (nSPS) is 28.3. The van der Waals surface area contributed by atoms with Gasteiger partial charge in [-0.1, -0.05) is 0 Å². The summed E-state index contributed by atoms with van der Waals surface area (Å²) in [7, 11) is 3.65. The van der Waals surface area contributed by atoms with E-state index < -0.39 is 0 Å². The van der Waals surface area contributed by atoms with Gasteiger partial charge in [0.05, 0.1) is 24.8 Å². The largest absolute Gasteiger partial charge is 0.384 e. The molecule has 3 rings (SSSR count). The molecule has 1 unspecified atom stereocenters. The van der Waals surface area contributed by atoms with Crippen molar-refractivity contribution < 1.29 is 14.3 Å². The highest BCUT2D eigenvalue weighted by Gasteiger charge is 2.40. The maximum absolute atomic E-state index is 13.0. The minimum atomic E-state index is -0.154. The van der Waals surface area contributed by atoms with Gasteiger partial charge in [-0.25, -0.2) is 0 Å². The van der Waals surface area contributed by atoms with Gasteiger partial charge in [0.25, 0.3) is 0 Å². The fourth-order valence-electron chi connectivity index (χ4n) is 3.82. The Kier molecular flexibility index (Phi) is 5.02. The Balaban J connectivity index is 1.72. The first kappa shape index (κ1) is 16.5. The van der Waals surface area contributed by atoms with Gasteiger partial charge in [-0.3, -0.25) is 9.48 Å². The molecule has 2 aliphatic rings. The van der Waals surface area contributed by atoms with E-state index in [1.54, 1.807) is 7.11 Å². The second-order valence-corrected chi connectivity index (χ2v) is 6.74. The van der Waals surface area contributed by atoms with Gasteiger partial charge in [0.15, 0.2) is 0 Å². The fraction of sp³-hybridized carbons (Fsp3) is 0.765. The van der Waals surface area contributed by atoms with Crippen LogP contribution in [0.15, 0.2) is 6.20 Å². The number of amides is 1. The van der Waals surface area contributed by atoms with Crippen molar-refractivity contribution in [3.8, 4) is 0 Å². The van der Waals surface area contributed by atoms with E-state index in [1.807, 2.05) is 29.7 Å². The highest BCUT2D eigenvalue weighted by Crippen LogP contribution is 2.37. The van der Waals surface area contributed by atoms with Crippen LogP contribution in [-0.2, 0) is 21.3 Å². The number of likely N-dealkylation sites (tertiary alicyclic amines) is 1. The molecule has 0 saturated carbocycles.